The predicted octanol–water partition coefficient (Wildman–Crippen LogP) is 3.63. The van der Waals surface area contributed by atoms with Crippen LogP contribution < -0.4 is 15.0 Å². The van der Waals surface area contributed by atoms with Gasteiger partial charge in [-0.15, -0.1) is 0 Å². The fraction of sp³-hybridized carbons (Fsp3) is 0.158. The standard InChI is InChI=1S/C19H14ClNO4/c1-24-12-6-7-13-15(8-12)21-19(23)17-14(9-16(22)25-18(13)17)10-2-4-11(20)5-3-10/h2-8,14H,9H2,1H3,(H,21,23). The first-order valence-corrected chi connectivity index (χ1v) is 8.14. The van der Waals surface area contributed by atoms with Gasteiger partial charge in [0.25, 0.3) is 5.56 Å². The number of halogens is 1. The molecular formula is C19H14ClNO4. The number of fused-ring (bicyclic) bond motifs is 3. The average Bonchev–Trinajstić information content (AvgIpc) is 2.61. The maximum Gasteiger partial charge on any atom is 0.312 e. The zero-order chi connectivity index (χ0) is 17.6. The Bertz CT molecular complexity index is 1040. The molecule has 1 unspecified atom stereocenters. The van der Waals surface area contributed by atoms with E-state index in [0.717, 1.165) is 5.56 Å². The molecule has 126 valence electrons. The van der Waals surface area contributed by atoms with Crippen LogP contribution in [0.3, 0.4) is 0 Å². The van der Waals surface area contributed by atoms with Gasteiger partial charge in [-0.1, -0.05) is 23.7 Å². The lowest BCUT2D eigenvalue weighted by atomic mass is 9.86. The Balaban J connectivity index is 1.97. The Morgan fingerprint density at radius 2 is 1.92 bits per heavy atom. The lowest BCUT2D eigenvalue weighted by molar-refractivity contribution is -0.135. The van der Waals surface area contributed by atoms with Crippen molar-refractivity contribution < 1.29 is 14.3 Å². The van der Waals surface area contributed by atoms with E-state index in [2.05, 4.69) is 4.98 Å². The molecule has 2 aromatic carbocycles. The summed E-state index contributed by atoms with van der Waals surface area (Å²) >= 11 is 5.95. The summed E-state index contributed by atoms with van der Waals surface area (Å²) < 4.78 is 10.6. The summed E-state index contributed by atoms with van der Waals surface area (Å²) in [5.41, 5.74) is 1.59. The Morgan fingerprint density at radius 1 is 1.16 bits per heavy atom. The highest BCUT2D eigenvalue weighted by Gasteiger charge is 2.32. The van der Waals surface area contributed by atoms with Crippen LogP contribution in [0.25, 0.3) is 10.9 Å². The van der Waals surface area contributed by atoms with Crippen LogP contribution in [0.15, 0.2) is 47.3 Å². The molecule has 5 nitrogen and oxygen atoms in total. The monoisotopic (exact) mass is 355 g/mol. The minimum atomic E-state index is -0.372. The van der Waals surface area contributed by atoms with Crippen molar-refractivity contribution in [1.82, 2.24) is 4.98 Å². The van der Waals surface area contributed by atoms with Gasteiger partial charge >= 0.3 is 5.97 Å². The molecule has 1 aliphatic rings. The second-order valence-electron chi connectivity index (χ2n) is 5.89. The number of nitrogens with one attached hydrogen (secondary N) is 1. The predicted molar refractivity (Wildman–Crippen MR) is 94.7 cm³/mol. The number of esters is 1. The molecule has 1 aliphatic heterocycles. The third-order valence-corrected chi connectivity index (χ3v) is 4.67. The Kier molecular flexibility index (Phi) is 3.73. The molecule has 0 saturated carbocycles. The van der Waals surface area contributed by atoms with Crippen LogP contribution >= 0.6 is 11.6 Å². The van der Waals surface area contributed by atoms with Crippen LogP contribution in [0.1, 0.15) is 23.5 Å². The number of methoxy groups -OCH3 is 1. The maximum atomic E-state index is 12.7. The minimum Gasteiger partial charge on any atom is -0.497 e. The summed E-state index contributed by atoms with van der Waals surface area (Å²) in [6.45, 7) is 0. The molecule has 0 amide bonds. The molecule has 25 heavy (non-hydrogen) atoms. The zero-order valence-electron chi connectivity index (χ0n) is 13.3. The molecule has 0 saturated heterocycles. The molecule has 0 radical (unpaired) electrons. The number of rotatable bonds is 2. The number of benzene rings is 2. The van der Waals surface area contributed by atoms with E-state index in [1.54, 1.807) is 37.4 Å². The van der Waals surface area contributed by atoms with E-state index < -0.39 is 0 Å². The summed E-state index contributed by atoms with van der Waals surface area (Å²) in [6.07, 6.45) is 0.110. The van der Waals surface area contributed by atoms with Gasteiger partial charge in [-0.05, 0) is 29.8 Å². The van der Waals surface area contributed by atoms with Crippen LogP contribution in [0.4, 0.5) is 0 Å². The number of carbonyl (C=O) groups is 1. The first-order chi connectivity index (χ1) is 12.1. The van der Waals surface area contributed by atoms with Gasteiger partial charge in [0.2, 0.25) is 0 Å². The zero-order valence-corrected chi connectivity index (χ0v) is 14.1. The van der Waals surface area contributed by atoms with Crippen molar-refractivity contribution in [3.63, 3.8) is 0 Å². The molecule has 0 bridgehead atoms. The molecule has 1 N–H and O–H groups in total. The molecule has 1 aromatic heterocycles. The Labute approximate surface area is 148 Å². The summed E-state index contributed by atoms with van der Waals surface area (Å²) in [5, 5.41) is 1.27. The van der Waals surface area contributed by atoms with Crippen LogP contribution in [0.2, 0.25) is 5.02 Å². The van der Waals surface area contributed by atoms with E-state index in [4.69, 9.17) is 21.1 Å². The first-order valence-electron chi connectivity index (χ1n) is 7.77. The van der Waals surface area contributed by atoms with Gasteiger partial charge < -0.3 is 14.5 Å². The van der Waals surface area contributed by atoms with Crippen molar-refractivity contribution in [3.8, 4) is 11.5 Å². The number of hydrogen-bond donors (Lipinski definition) is 1. The molecule has 4 rings (SSSR count). The number of aromatic nitrogens is 1. The SMILES string of the molecule is COc1ccc2c3c(c(=O)[nH]c2c1)C(c1ccc(Cl)cc1)CC(=O)O3. The van der Waals surface area contributed by atoms with Crippen molar-refractivity contribution in [2.45, 2.75) is 12.3 Å². The molecular weight excluding hydrogens is 342 g/mol. The van der Waals surface area contributed by atoms with Gasteiger partial charge in [-0.2, -0.15) is 0 Å². The van der Waals surface area contributed by atoms with Gasteiger partial charge in [0.15, 0.2) is 0 Å². The Morgan fingerprint density at radius 3 is 2.64 bits per heavy atom. The highest BCUT2D eigenvalue weighted by molar-refractivity contribution is 6.30. The third kappa shape index (κ3) is 2.66. The van der Waals surface area contributed by atoms with Crippen molar-refractivity contribution in [2.24, 2.45) is 0 Å². The number of H-pyrrole nitrogens is 1. The fourth-order valence-corrected chi connectivity index (χ4v) is 3.35. The van der Waals surface area contributed by atoms with E-state index >= 15 is 0 Å². The molecule has 6 heteroatoms. The number of pyridine rings is 1. The summed E-state index contributed by atoms with van der Waals surface area (Å²) in [4.78, 5) is 27.8. The summed E-state index contributed by atoms with van der Waals surface area (Å²) in [7, 11) is 1.55. The first kappa shape index (κ1) is 15.7. The maximum absolute atomic E-state index is 12.7. The quantitative estimate of drug-likeness (QED) is 0.713. The highest BCUT2D eigenvalue weighted by atomic mass is 35.5. The number of hydrogen-bond acceptors (Lipinski definition) is 4. The summed E-state index contributed by atoms with van der Waals surface area (Å²) in [6, 6.07) is 12.4. The summed E-state index contributed by atoms with van der Waals surface area (Å²) in [5.74, 6) is 0.191. The molecule has 0 fully saturated rings. The molecule has 0 aliphatic carbocycles. The second kappa shape index (κ2) is 5.93. The van der Waals surface area contributed by atoms with Gasteiger partial charge in [0, 0.05) is 22.4 Å². The van der Waals surface area contributed by atoms with Crippen molar-refractivity contribution in [3.05, 3.63) is 69.0 Å². The van der Waals surface area contributed by atoms with E-state index in [9.17, 15) is 9.59 Å². The topological polar surface area (TPSA) is 68.4 Å². The number of ether oxygens (including phenoxy) is 2. The third-order valence-electron chi connectivity index (χ3n) is 4.42. The van der Waals surface area contributed by atoms with Crippen molar-refractivity contribution in [2.75, 3.05) is 7.11 Å². The largest absolute Gasteiger partial charge is 0.497 e. The second-order valence-corrected chi connectivity index (χ2v) is 6.33. The lowest BCUT2D eigenvalue weighted by Gasteiger charge is -2.25. The average molecular weight is 356 g/mol. The van der Waals surface area contributed by atoms with Gasteiger partial charge in [-0.25, -0.2) is 0 Å². The fourth-order valence-electron chi connectivity index (χ4n) is 3.22. The van der Waals surface area contributed by atoms with Gasteiger partial charge in [-0.3, -0.25) is 9.59 Å². The van der Waals surface area contributed by atoms with Gasteiger partial charge in [0.05, 0.1) is 24.6 Å². The van der Waals surface area contributed by atoms with E-state index in [0.29, 0.717) is 33.0 Å². The number of carbonyl (C=O) groups excluding carboxylic acids is 1. The van der Waals surface area contributed by atoms with Crippen LogP contribution in [0.5, 0.6) is 11.5 Å². The van der Waals surface area contributed by atoms with Crippen molar-refractivity contribution >= 4 is 28.5 Å². The lowest BCUT2D eigenvalue weighted by Crippen LogP contribution is -2.28. The smallest absolute Gasteiger partial charge is 0.312 e. The van der Waals surface area contributed by atoms with E-state index in [1.165, 1.54) is 0 Å². The highest BCUT2D eigenvalue weighted by Crippen LogP contribution is 2.40. The minimum absolute atomic E-state index is 0.110. The van der Waals surface area contributed by atoms with E-state index in [1.807, 2.05) is 12.1 Å². The van der Waals surface area contributed by atoms with Crippen LogP contribution in [0, 0.1) is 0 Å². The molecule has 1 atom stereocenters. The van der Waals surface area contributed by atoms with Crippen molar-refractivity contribution in [1.29, 1.82) is 0 Å². The van der Waals surface area contributed by atoms with Crippen LogP contribution in [-0.4, -0.2) is 18.1 Å². The van der Waals surface area contributed by atoms with Gasteiger partial charge in [0.1, 0.15) is 11.5 Å². The molecule has 0 spiro atoms. The van der Waals surface area contributed by atoms with E-state index in [-0.39, 0.29) is 23.9 Å². The molecule has 2 heterocycles. The number of aromatic amines is 1. The Hall–Kier alpha value is -2.79. The van der Waals surface area contributed by atoms with Crippen LogP contribution in [-0.2, 0) is 4.79 Å². The molecule has 3 aromatic rings. The normalized spacial score (nSPS) is 16.4.